The van der Waals surface area contributed by atoms with Crippen molar-refractivity contribution >= 4 is 5.91 Å². The van der Waals surface area contributed by atoms with E-state index in [4.69, 9.17) is 0 Å². The molecule has 1 aromatic carbocycles. The number of carbonyl (C=O) groups is 1. The standard InChI is InChI=1S/C16H23NO/c1-12(2)8-11-16(18)17(3)15-10-9-13-6-4-5-7-14(13)15/h4-7,12,15H,8-11H2,1-3H3. The Hall–Kier alpha value is -1.31. The number of nitrogens with zero attached hydrogens (tertiary/aromatic N) is 1. The second kappa shape index (κ2) is 5.55. The van der Waals surface area contributed by atoms with Crippen LogP contribution in [0.4, 0.5) is 0 Å². The number of fused-ring (bicyclic) bond motifs is 1. The fraction of sp³-hybridized carbons (Fsp3) is 0.562. The van der Waals surface area contributed by atoms with Gasteiger partial charge in [0.25, 0.3) is 0 Å². The maximum Gasteiger partial charge on any atom is 0.222 e. The van der Waals surface area contributed by atoms with E-state index in [1.165, 1.54) is 11.1 Å². The first-order valence-corrected chi connectivity index (χ1v) is 6.93. The Balaban J connectivity index is 2.02. The van der Waals surface area contributed by atoms with Crippen LogP contribution >= 0.6 is 0 Å². The van der Waals surface area contributed by atoms with Gasteiger partial charge in [0.15, 0.2) is 0 Å². The molecule has 1 aliphatic rings. The highest BCUT2D eigenvalue weighted by atomic mass is 16.2. The molecule has 0 radical (unpaired) electrons. The smallest absolute Gasteiger partial charge is 0.222 e. The number of hydrogen-bond acceptors (Lipinski definition) is 1. The molecule has 1 amide bonds. The molecule has 0 heterocycles. The summed E-state index contributed by atoms with van der Waals surface area (Å²) >= 11 is 0. The Labute approximate surface area is 110 Å². The van der Waals surface area contributed by atoms with E-state index in [9.17, 15) is 4.79 Å². The summed E-state index contributed by atoms with van der Waals surface area (Å²) in [5.41, 5.74) is 2.75. The third kappa shape index (κ3) is 2.74. The molecule has 0 saturated heterocycles. The first kappa shape index (κ1) is 13.1. The van der Waals surface area contributed by atoms with Crippen LogP contribution in [-0.2, 0) is 11.2 Å². The van der Waals surface area contributed by atoms with Gasteiger partial charge in [-0.05, 0) is 36.3 Å². The largest absolute Gasteiger partial charge is 0.339 e. The van der Waals surface area contributed by atoms with Crippen LogP contribution < -0.4 is 0 Å². The van der Waals surface area contributed by atoms with Crippen LogP contribution in [0.3, 0.4) is 0 Å². The molecule has 18 heavy (non-hydrogen) atoms. The fourth-order valence-electron chi connectivity index (χ4n) is 2.70. The van der Waals surface area contributed by atoms with Crippen molar-refractivity contribution in [1.82, 2.24) is 4.90 Å². The molecule has 0 aromatic heterocycles. The molecule has 0 spiro atoms. The number of hydrogen-bond donors (Lipinski definition) is 0. The maximum absolute atomic E-state index is 12.2. The minimum absolute atomic E-state index is 0.283. The zero-order chi connectivity index (χ0) is 13.1. The Bertz CT molecular complexity index is 425. The fourth-order valence-corrected chi connectivity index (χ4v) is 2.70. The van der Waals surface area contributed by atoms with E-state index in [1.807, 2.05) is 11.9 Å². The van der Waals surface area contributed by atoms with Crippen LogP contribution in [0, 0.1) is 5.92 Å². The molecule has 1 atom stereocenters. The van der Waals surface area contributed by atoms with Crippen molar-refractivity contribution in [2.75, 3.05) is 7.05 Å². The van der Waals surface area contributed by atoms with Gasteiger partial charge in [0.05, 0.1) is 6.04 Å². The van der Waals surface area contributed by atoms with Gasteiger partial charge in [-0.1, -0.05) is 38.1 Å². The summed E-state index contributed by atoms with van der Waals surface area (Å²) < 4.78 is 0. The SMILES string of the molecule is CC(C)CCC(=O)N(C)C1CCc2ccccc21. The lowest BCUT2D eigenvalue weighted by molar-refractivity contribution is -0.132. The topological polar surface area (TPSA) is 20.3 Å². The van der Waals surface area contributed by atoms with Gasteiger partial charge in [-0.3, -0.25) is 4.79 Å². The number of benzene rings is 1. The zero-order valence-corrected chi connectivity index (χ0v) is 11.6. The second-order valence-corrected chi connectivity index (χ2v) is 5.69. The molecular weight excluding hydrogens is 222 g/mol. The summed E-state index contributed by atoms with van der Waals surface area (Å²) in [5, 5.41) is 0. The molecule has 1 aliphatic carbocycles. The van der Waals surface area contributed by atoms with E-state index in [2.05, 4.69) is 38.1 Å². The Kier molecular flexibility index (Phi) is 4.05. The predicted octanol–water partition coefficient (Wildman–Crippen LogP) is 3.57. The van der Waals surface area contributed by atoms with E-state index in [-0.39, 0.29) is 5.91 Å². The molecule has 0 fully saturated rings. The quantitative estimate of drug-likeness (QED) is 0.794. The van der Waals surface area contributed by atoms with E-state index >= 15 is 0 Å². The Morgan fingerprint density at radius 3 is 2.83 bits per heavy atom. The van der Waals surface area contributed by atoms with Crippen molar-refractivity contribution in [2.45, 2.75) is 45.6 Å². The van der Waals surface area contributed by atoms with Gasteiger partial charge in [-0.2, -0.15) is 0 Å². The monoisotopic (exact) mass is 245 g/mol. The lowest BCUT2D eigenvalue weighted by Crippen LogP contribution is -2.30. The Morgan fingerprint density at radius 2 is 2.11 bits per heavy atom. The van der Waals surface area contributed by atoms with Gasteiger partial charge in [0, 0.05) is 13.5 Å². The van der Waals surface area contributed by atoms with Crippen LogP contribution in [0.1, 0.15) is 50.3 Å². The summed E-state index contributed by atoms with van der Waals surface area (Å²) in [6, 6.07) is 8.80. The lowest BCUT2D eigenvalue weighted by atomic mass is 10.0. The van der Waals surface area contributed by atoms with Gasteiger partial charge < -0.3 is 4.90 Å². The third-order valence-corrected chi connectivity index (χ3v) is 3.90. The molecule has 1 unspecified atom stereocenters. The average molecular weight is 245 g/mol. The van der Waals surface area contributed by atoms with E-state index in [0.29, 0.717) is 18.4 Å². The van der Waals surface area contributed by atoms with Crippen LogP contribution in [0.15, 0.2) is 24.3 Å². The highest BCUT2D eigenvalue weighted by Gasteiger charge is 2.27. The van der Waals surface area contributed by atoms with Gasteiger partial charge in [-0.15, -0.1) is 0 Å². The second-order valence-electron chi connectivity index (χ2n) is 5.69. The highest BCUT2D eigenvalue weighted by molar-refractivity contribution is 5.76. The van der Waals surface area contributed by atoms with Gasteiger partial charge in [-0.25, -0.2) is 0 Å². The van der Waals surface area contributed by atoms with E-state index < -0.39 is 0 Å². The van der Waals surface area contributed by atoms with Crippen molar-refractivity contribution in [3.63, 3.8) is 0 Å². The van der Waals surface area contributed by atoms with Crippen LogP contribution in [-0.4, -0.2) is 17.9 Å². The van der Waals surface area contributed by atoms with Crippen molar-refractivity contribution in [3.8, 4) is 0 Å². The first-order chi connectivity index (χ1) is 8.59. The highest BCUT2D eigenvalue weighted by Crippen LogP contribution is 2.35. The van der Waals surface area contributed by atoms with Crippen LogP contribution in [0.25, 0.3) is 0 Å². The third-order valence-electron chi connectivity index (χ3n) is 3.90. The minimum Gasteiger partial charge on any atom is -0.339 e. The molecule has 0 bridgehead atoms. The van der Waals surface area contributed by atoms with Crippen molar-refractivity contribution in [2.24, 2.45) is 5.92 Å². The Morgan fingerprint density at radius 1 is 1.39 bits per heavy atom. The van der Waals surface area contributed by atoms with Crippen molar-refractivity contribution in [1.29, 1.82) is 0 Å². The molecule has 0 N–H and O–H groups in total. The molecule has 0 aliphatic heterocycles. The summed E-state index contributed by atoms with van der Waals surface area (Å²) in [6.45, 7) is 4.33. The van der Waals surface area contributed by atoms with Crippen LogP contribution in [0.2, 0.25) is 0 Å². The van der Waals surface area contributed by atoms with Gasteiger partial charge in [0.2, 0.25) is 5.91 Å². The van der Waals surface area contributed by atoms with E-state index in [1.54, 1.807) is 0 Å². The lowest BCUT2D eigenvalue weighted by Gasteiger charge is -2.26. The molecule has 98 valence electrons. The molecule has 1 aromatic rings. The molecule has 0 saturated carbocycles. The molecule has 2 heteroatoms. The molecule has 2 nitrogen and oxygen atoms in total. The summed E-state index contributed by atoms with van der Waals surface area (Å²) in [6.07, 6.45) is 3.83. The summed E-state index contributed by atoms with van der Waals surface area (Å²) in [5.74, 6) is 0.878. The molecule has 2 rings (SSSR count). The summed E-state index contributed by atoms with van der Waals surface area (Å²) in [7, 11) is 1.95. The zero-order valence-electron chi connectivity index (χ0n) is 11.6. The number of rotatable bonds is 4. The minimum atomic E-state index is 0.283. The van der Waals surface area contributed by atoms with E-state index in [0.717, 1.165) is 19.3 Å². The predicted molar refractivity (Wildman–Crippen MR) is 74.3 cm³/mol. The summed E-state index contributed by atoms with van der Waals surface area (Å²) in [4.78, 5) is 14.1. The molecular formula is C16H23NO. The van der Waals surface area contributed by atoms with Gasteiger partial charge in [0.1, 0.15) is 0 Å². The van der Waals surface area contributed by atoms with Crippen molar-refractivity contribution < 1.29 is 4.79 Å². The number of amides is 1. The number of carbonyl (C=O) groups excluding carboxylic acids is 1. The van der Waals surface area contributed by atoms with Gasteiger partial charge >= 0.3 is 0 Å². The average Bonchev–Trinajstić information content (AvgIpc) is 2.78. The van der Waals surface area contributed by atoms with Crippen LogP contribution in [0.5, 0.6) is 0 Å². The van der Waals surface area contributed by atoms with Crippen molar-refractivity contribution in [3.05, 3.63) is 35.4 Å². The first-order valence-electron chi connectivity index (χ1n) is 6.93. The number of aryl methyl sites for hydroxylation is 1. The maximum atomic E-state index is 12.2. The normalized spacial score (nSPS) is 17.9.